The molecule has 8 nitrogen and oxygen atoms in total. The van der Waals surface area contributed by atoms with Gasteiger partial charge in [0.1, 0.15) is 24.2 Å². The van der Waals surface area contributed by atoms with Crippen molar-refractivity contribution < 1.29 is 19.1 Å². The normalized spacial score (nSPS) is 15.4. The molecule has 34 heavy (non-hydrogen) atoms. The van der Waals surface area contributed by atoms with Crippen LogP contribution in [0.4, 0.5) is 0 Å². The fourth-order valence-corrected chi connectivity index (χ4v) is 4.33. The number of aliphatic hydroxyl groups excluding tert-OH is 1. The van der Waals surface area contributed by atoms with E-state index >= 15 is 0 Å². The topological polar surface area (TPSA) is 103 Å². The quantitative estimate of drug-likeness (QED) is 0.466. The van der Waals surface area contributed by atoms with Gasteiger partial charge >= 0.3 is 0 Å². The molecule has 0 aliphatic carbocycles. The summed E-state index contributed by atoms with van der Waals surface area (Å²) in [5.41, 5.74) is 4.41. The SMILES string of the molecule is CNCC(O)COc1cccc(-c2nc(CCC3CCOCC3)cc(-c3c(C)noc3C)n2)c1. The van der Waals surface area contributed by atoms with Crippen molar-refractivity contribution in [3.8, 4) is 28.4 Å². The highest BCUT2D eigenvalue weighted by Gasteiger charge is 2.18. The van der Waals surface area contributed by atoms with Crippen LogP contribution >= 0.6 is 0 Å². The lowest BCUT2D eigenvalue weighted by Crippen LogP contribution is -2.29. The van der Waals surface area contributed by atoms with Crippen LogP contribution < -0.4 is 10.1 Å². The summed E-state index contributed by atoms with van der Waals surface area (Å²) in [5.74, 6) is 2.71. The van der Waals surface area contributed by atoms with E-state index in [1.54, 1.807) is 7.05 Å². The monoisotopic (exact) mass is 466 g/mol. The van der Waals surface area contributed by atoms with Crippen molar-refractivity contribution in [2.75, 3.05) is 33.4 Å². The van der Waals surface area contributed by atoms with Crippen LogP contribution in [-0.4, -0.2) is 59.7 Å². The Balaban J connectivity index is 1.62. The number of rotatable bonds is 10. The number of ether oxygens (including phenoxy) is 2. The molecule has 0 bridgehead atoms. The van der Waals surface area contributed by atoms with Gasteiger partial charge in [-0.25, -0.2) is 9.97 Å². The Bertz CT molecular complexity index is 1060. The third-order valence-corrected chi connectivity index (χ3v) is 6.19. The Hall–Kier alpha value is -2.81. The van der Waals surface area contributed by atoms with Crippen LogP contribution in [0.25, 0.3) is 22.6 Å². The second-order valence-corrected chi connectivity index (χ2v) is 8.91. The lowest BCUT2D eigenvalue weighted by atomic mass is 9.94. The number of benzene rings is 1. The van der Waals surface area contributed by atoms with E-state index in [2.05, 4.69) is 16.5 Å². The molecule has 0 radical (unpaired) electrons. The molecule has 1 aromatic carbocycles. The van der Waals surface area contributed by atoms with Gasteiger partial charge in [0.2, 0.25) is 0 Å². The molecule has 0 amide bonds. The molecule has 0 saturated carbocycles. The van der Waals surface area contributed by atoms with E-state index in [9.17, 15) is 5.11 Å². The van der Waals surface area contributed by atoms with Gasteiger partial charge in [0, 0.05) is 31.0 Å². The van der Waals surface area contributed by atoms with Gasteiger partial charge < -0.3 is 24.4 Å². The van der Waals surface area contributed by atoms with Crippen LogP contribution in [0.15, 0.2) is 34.9 Å². The highest BCUT2D eigenvalue weighted by Crippen LogP contribution is 2.30. The first kappa shape index (κ1) is 24.3. The molecule has 2 aromatic heterocycles. The highest BCUT2D eigenvalue weighted by atomic mass is 16.5. The average Bonchev–Trinajstić information content (AvgIpc) is 3.20. The third kappa shape index (κ3) is 6.20. The number of aromatic nitrogens is 3. The maximum absolute atomic E-state index is 9.96. The van der Waals surface area contributed by atoms with Crippen molar-refractivity contribution in [2.45, 2.75) is 45.6 Å². The predicted octanol–water partition coefficient (Wildman–Crippen LogP) is 3.73. The van der Waals surface area contributed by atoms with Crippen molar-refractivity contribution in [1.29, 1.82) is 0 Å². The molecule has 1 atom stereocenters. The van der Waals surface area contributed by atoms with Crippen molar-refractivity contribution in [3.05, 3.63) is 47.5 Å². The zero-order chi connectivity index (χ0) is 23.9. The van der Waals surface area contributed by atoms with E-state index in [-0.39, 0.29) is 6.61 Å². The summed E-state index contributed by atoms with van der Waals surface area (Å²) in [6, 6.07) is 9.75. The summed E-state index contributed by atoms with van der Waals surface area (Å²) < 4.78 is 16.7. The first-order valence-corrected chi connectivity index (χ1v) is 12.0. The number of likely N-dealkylation sites (N-methyl/N-ethyl adjacent to an activating group) is 1. The lowest BCUT2D eigenvalue weighted by Gasteiger charge is -2.21. The summed E-state index contributed by atoms with van der Waals surface area (Å²) in [6.07, 6.45) is 3.58. The molecule has 8 heteroatoms. The fraction of sp³-hybridized carbons (Fsp3) is 0.500. The molecule has 1 aliphatic heterocycles. The summed E-state index contributed by atoms with van der Waals surface area (Å²) in [7, 11) is 1.80. The number of hydrogen-bond acceptors (Lipinski definition) is 8. The van der Waals surface area contributed by atoms with Crippen molar-refractivity contribution in [3.63, 3.8) is 0 Å². The van der Waals surface area contributed by atoms with Crippen LogP contribution in [-0.2, 0) is 11.2 Å². The Kier molecular flexibility index (Phi) is 8.26. The number of aliphatic hydroxyl groups is 1. The van der Waals surface area contributed by atoms with Crippen molar-refractivity contribution in [2.24, 2.45) is 5.92 Å². The van der Waals surface area contributed by atoms with Gasteiger partial charge in [-0.15, -0.1) is 0 Å². The molecule has 1 fully saturated rings. The molecular formula is C26H34N4O4. The van der Waals surface area contributed by atoms with Crippen LogP contribution in [0.1, 0.15) is 36.4 Å². The molecule has 4 rings (SSSR count). The van der Waals surface area contributed by atoms with Gasteiger partial charge in [-0.2, -0.15) is 0 Å². The molecule has 1 saturated heterocycles. The van der Waals surface area contributed by atoms with Gasteiger partial charge in [0.05, 0.1) is 17.0 Å². The van der Waals surface area contributed by atoms with Gasteiger partial charge in [-0.05, 0) is 70.7 Å². The maximum Gasteiger partial charge on any atom is 0.160 e. The molecule has 1 aliphatic rings. The minimum atomic E-state index is -0.579. The minimum Gasteiger partial charge on any atom is -0.491 e. The predicted molar refractivity (Wildman–Crippen MR) is 130 cm³/mol. The number of hydrogen-bond donors (Lipinski definition) is 2. The largest absolute Gasteiger partial charge is 0.491 e. The van der Waals surface area contributed by atoms with Crippen LogP contribution in [0, 0.1) is 19.8 Å². The van der Waals surface area contributed by atoms with E-state index in [4.69, 9.17) is 24.0 Å². The Labute approximate surface area is 200 Å². The average molecular weight is 467 g/mol. The highest BCUT2D eigenvalue weighted by molar-refractivity contribution is 5.67. The van der Waals surface area contributed by atoms with E-state index < -0.39 is 6.10 Å². The maximum atomic E-state index is 9.96. The Morgan fingerprint density at radius 2 is 2.00 bits per heavy atom. The van der Waals surface area contributed by atoms with Crippen LogP contribution in [0.5, 0.6) is 5.75 Å². The molecule has 0 spiro atoms. The van der Waals surface area contributed by atoms with Crippen LogP contribution in [0.2, 0.25) is 0 Å². The fourth-order valence-electron chi connectivity index (χ4n) is 4.33. The standard InChI is InChI=1S/C26H34N4O4/c1-17-25(18(2)34-30-17)24-14-21(8-7-19-9-11-32-12-10-19)28-26(29-24)20-5-4-6-23(13-20)33-16-22(31)15-27-3/h4-6,13-14,19,22,27,31H,7-12,15-16H2,1-3H3. The number of nitrogens with zero attached hydrogens (tertiary/aromatic N) is 3. The first-order chi connectivity index (χ1) is 16.5. The van der Waals surface area contributed by atoms with Crippen LogP contribution in [0.3, 0.4) is 0 Å². The molecule has 2 N–H and O–H groups in total. The van der Waals surface area contributed by atoms with Crippen molar-refractivity contribution >= 4 is 0 Å². The molecule has 3 aromatic rings. The molecule has 1 unspecified atom stereocenters. The summed E-state index contributed by atoms with van der Waals surface area (Å²) in [4.78, 5) is 9.80. The Morgan fingerprint density at radius 3 is 2.74 bits per heavy atom. The second-order valence-electron chi connectivity index (χ2n) is 8.91. The first-order valence-electron chi connectivity index (χ1n) is 12.0. The zero-order valence-electron chi connectivity index (χ0n) is 20.2. The smallest absolute Gasteiger partial charge is 0.160 e. The molecule has 3 heterocycles. The van der Waals surface area contributed by atoms with Gasteiger partial charge in [0.15, 0.2) is 5.82 Å². The summed E-state index contributed by atoms with van der Waals surface area (Å²) in [6.45, 7) is 6.21. The molecule has 182 valence electrons. The van der Waals surface area contributed by atoms with E-state index in [0.29, 0.717) is 24.0 Å². The lowest BCUT2D eigenvalue weighted by molar-refractivity contribution is 0.0639. The summed E-state index contributed by atoms with van der Waals surface area (Å²) >= 11 is 0. The van der Waals surface area contributed by atoms with E-state index in [1.807, 2.05) is 38.1 Å². The number of aryl methyl sites for hydroxylation is 3. The van der Waals surface area contributed by atoms with Gasteiger partial charge in [-0.3, -0.25) is 0 Å². The minimum absolute atomic E-state index is 0.209. The van der Waals surface area contributed by atoms with E-state index in [1.165, 1.54) is 0 Å². The summed E-state index contributed by atoms with van der Waals surface area (Å²) in [5, 5.41) is 17.0. The number of nitrogens with one attached hydrogen (secondary N) is 1. The van der Waals surface area contributed by atoms with Crippen molar-refractivity contribution in [1.82, 2.24) is 20.4 Å². The third-order valence-electron chi connectivity index (χ3n) is 6.19. The van der Waals surface area contributed by atoms with E-state index in [0.717, 1.165) is 72.9 Å². The second kappa shape index (κ2) is 11.6. The molecular weight excluding hydrogens is 432 g/mol. The Morgan fingerprint density at radius 1 is 1.18 bits per heavy atom. The van der Waals surface area contributed by atoms with Gasteiger partial charge in [0.25, 0.3) is 0 Å². The van der Waals surface area contributed by atoms with Gasteiger partial charge in [-0.1, -0.05) is 17.3 Å². The zero-order valence-corrected chi connectivity index (χ0v) is 20.2.